The standard InChI is InChI=1S/C26H21I2NO4S/c1-17-7-9-20(10-8-17)32-12-11-29-25(30)23(34-26(29)31)15-19-13-21(27)24(22(28)14-19)33-16-18-5-3-2-4-6-18/h2-10,13-15H,11-12,16H2,1H3/b23-15-. The van der Waals surface area contributed by atoms with Crippen molar-refractivity contribution >= 4 is 74.2 Å². The molecule has 174 valence electrons. The number of rotatable bonds is 8. The van der Waals surface area contributed by atoms with E-state index in [-0.39, 0.29) is 24.3 Å². The number of nitrogens with zero attached hydrogens (tertiary/aromatic N) is 1. The first-order valence-corrected chi connectivity index (χ1v) is 13.5. The topological polar surface area (TPSA) is 55.8 Å². The lowest BCUT2D eigenvalue weighted by Crippen LogP contribution is -2.32. The van der Waals surface area contributed by atoms with Gasteiger partial charge in [0.25, 0.3) is 11.1 Å². The Balaban J connectivity index is 1.40. The van der Waals surface area contributed by atoms with Gasteiger partial charge in [-0.05, 0) is 105 Å². The molecule has 4 rings (SSSR count). The molecule has 1 fully saturated rings. The van der Waals surface area contributed by atoms with Crippen molar-refractivity contribution in [1.29, 1.82) is 0 Å². The molecule has 34 heavy (non-hydrogen) atoms. The number of ether oxygens (including phenoxy) is 2. The van der Waals surface area contributed by atoms with Crippen LogP contribution in [0.3, 0.4) is 0 Å². The number of hydrogen-bond donors (Lipinski definition) is 0. The van der Waals surface area contributed by atoms with E-state index in [1.165, 1.54) is 4.90 Å². The van der Waals surface area contributed by atoms with Crippen LogP contribution in [0.4, 0.5) is 4.79 Å². The molecular formula is C26H21I2NO4S. The fourth-order valence-electron chi connectivity index (χ4n) is 3.26. The van der Waals surface area contributed by atoms with E-state index in [0.29, 0.717) is 17.3 Å². The van der Waals surface area contributed by atoms with Crippen LogP contribution in [0.2, 0.25) is 0 Å². The number of carbonyl (C=O) groups is 2. The maximum absolute atomic E-state index is 12.8. The van der Waals surface area contributed by atoms with Crippen LogP contribution in [0.5, 0.6) is 11.5 Å². The zero-order valence-corrected chi connectivity index (χ0v) is 23.4. The number of imide groups is 1. The molecule has 0 radical (unpaired) electrons. The molecule has 1 aliphatic heterocycles. The van der Waals surface area contributed by atoms with Gasteiger partial charge in [-0.1, -0.05) is 48.0 Å². The van der Waals surface area contributed by atoms with Crippen LogP contribution in [-0.2, 0) is 11.4 Å². The number of thioether (sulfide) groups is 1. The van der Waals surface area contributed by atoms with Crippen molar-refractivity contribution in [3.05, 3.63) is 95.5 Å². The summed E-state index contributed by atoms with van der Waals surface area (Å²) in [6, 6.07) is 21.6. The SMILES string of the molecule is Cc1ccc(OCCN2C(=O)S/C(=C\c3cc(I)c(OCc4ccccc4)c(I)c3)C2=O)cc1. The van der Waals surface area contributed by atoms with E-state index in [0.717, 1.165) is 41.3 Å². The van der Waals surface area contributed by atoms with E-state index in [2.05, 4.69) is 45.2 Å². The average molecular weight is 697 g/mol. The molecule has 2 amide bonds. The number of hydrogen-bond acceptors (Lipinski definition) is 5. The number of benzene rings is 3. The average Bonchev–Trinajstić information content (AvgIpc) is 3.08. The van der Waals surface area contributed by atoms with Gasteiger partial charge >= 0.3 is 0 Å². The van der Waals surface area contributed by atoms with Crippen LogP contribution < -0.4 is 9.47 Å². The quantitative estimate of drug-likeness (QED) is 0.190. The smallest absolute Gasteiger partial charge is 0.293 e. The second-order valence-electron chi connectivity index (χ2n) is 7.58. The van der Waals surface area contributed by atoms with Crippen molar-refractivity contribution < 1.29 is 19.1 Å². The van der Waals surface area contributed by atoms with Crippen molar-refractivity contribution in [3.8, 4) is 11.5 Å². The van der Waals surface area contributed by atoms with Gasteiger partial charge in [-0.2, -0.15) is 0 Å². The zero-order valence-electron chi connectivity index (χ0n) is 18.3. The predicted molar refractivity (Wildman–Crippen MR) is 152 cm³/mol. The molecular weight excluding hydrogens is 676 g/mol. The third kappa shape index (κ3) is 6.33. The predicted octanol–water partition coefficient (Wildman–Crippen LogP) is 6.90. The maximum Gasteiger partial charge on any atom is 0.293 e. The number of amides is 2. The Morgan fingerprint density at radius 3 is 2.29 bits per heavy atom. The summed E-state index contributed by atoms with van der Waals surface area (Å²) in [5.74, 6) is 1.23. The molecule has 0 saturated carbocycles. The van der Waals surface area contributed by atoms with Gasteiger partial charge in [0.1, 0.15) is 24.7 Å². The molecule has 8 heteroatoms. The van der Waals surface area contributed by atoms with E-state index in [4.69, 9.17) is 9.47 Å². The molecule has 0 unspecified atom stereocenters. The monoisotopic (exact) mass is 697 g/mol. The van der Waals surface area contributed by atoms with Gasteiger partial charge in [-0.3, -0.25) is 14.5 Å². The van der Waals surface area contributed by atoms with Gasteiger partial charge in [0.05, 0.1) is 18.6 Å². The highest BCUT2D eigenvalue weighted by molar-refractivity contribution is 14.1. The highest BCUT2D eigenvalue weighted by atomic mass is 127. The van der Waals surface area contributed by atoms with Crippen LogP contribution in [0.15, 0.2) is 71.6 Å². The normalized spacial score (nSPS) is 14.7. The van der Waals surface area contributed by atoms with E-state index in [1.807, 2.05) is 73.7 Å². The summed E-state index contributed by atoms with van der Waals surface area (Å²) in [5.41, 5.74) is 3.09. The molecule has 3 aromatic rings. The second-order valence-corrected chi connectivity index (χ2v) is 10.9. The molecule has 1 heterocycles. The minimum atomic E-state index is -0.295. The second kappa shape index (κ2) is 11.6. The first kappa shape index (κ1) is 25.1. The van der Waals surface area contributed by atoms with Gasteiger partial charge in [0, 0.05) is 0 Å². The van der Waals surface area contributed by atoms with Crippen molar-refractivity contribution in [2.75, 3.05) is 13.2 Å². The van der Waals surface area contributed by atoms with Crippen LogP contribution >= 0.6 is 56.9 Å². The highest BCUT2D eigenvalue weighted by Gasteiger charge is 2.34. The molecule has 1 aliphatic rings. The Bertz CT molecular complexity index is 1210. The van der Waals surface area contributed by atoms with Crippen LogP contribution in [0.1, 0.15) is 16.7 Å². The van der Waals surface area contributed by atoms with E-state index >= 15 is 0 Å². The molecule has 0 spiro atoms. The molecule has 0 aromatic heterocycles. The lowest BCUT2D eigenvalue weighted by molar-refractivity contribution is -0.123. The maximum atomic E-state index is 12.8. The summed E-state index contributed by atoms with van der Waals surface area (Å²) < 4.78 is 13.6. The summed E-state index contributed by atoms with van der Waals surface area (Å²) in [6.45, 7) is 2.94. The summed E-state index contributed by atoms with van der Waals surface area (Å²) >= 11 is 5.43. The summed E-state index contributed by atoms with van der Waals surface area (Å²) in [6.07, 6.45) is 1.76. The van der Waals surface area contributed by atoms with Crippen LogP contribution in [-0.4, -0.2) is 29.2 Å². The van der Waals surface area contributed by atoms with Crippen molar-refractivity contribution in [1.82, 2.24) is 4.90 Å². The van der Waals surface area contributed by atoms with Gasteiger partial charge < -0.3 is 9.47 Å². The summed E-state index contributed by atoms with van der Waals surface area (Å²) in [4.78, 5) is 26.9. The fourth-order valence-corrected chi connectivity index (χ4v) is 6.26. The Kier molecular flexibility index (Phi) is 8.54. The molecule has 0 atom stereocenters. The van der Waals surface area contributed by atoms with E-state index in [1.54, 1.807) is 6.08 Å². The minimum absolute atomic E-state index is 0.206. The molecule has 3 aromatic carbocycles. The Hall–Kier alpha value is -2.05. The van der Waals surface area contributed by atoms with Crippen molar-refractivity contribution in [2.45, 2.75) is 13.5 Å². The number of aryl methyl sites for hydroxylation is 1. The summed E-state index contributed by atoms with van der Waals surface area (Å²) in [5, 5.41) is -0.282. The summed E-state index contributed by atoms with van der Waals surface area (Å²) in [7, 11) is 0. The number of carbonyl (C=O) groups excluding carboxylic acids is 2. The Labute approximate surface area is 230 Å². The van der Waals surface area contributed by atoms with Gasteiger partial charge in [0.2, 0.25) is 0 Å². The minimum Gasteiger partial charge on any atom is -0.492 e. The van der Waals surface area contributed by atoms with Gasteiger partial charge in [-0.15, -0.1) is 0 Å². The third-order valence-electron chi connectivity index (χ3n) is 5.02. The highest BCUT2D eigenvalue weighted by Crippen LogP contribution is 2.35. The fraction of sp³-hybridized carbons (Fsp3) is 0.154. The van der Waals surface area contributed by atoms with E-state index < -0.39 is 0 Å². The Morgan fingerprint density at radius 2 is 1.62 bits per heavy atom. The van der Waals surface area contributed by atoms with Gasteiger partial charge in [-0.25, -0.2) is 0 Å². The van der Waals surface area contributed by atoms with Gasteiger partial charge in [0.15, 0.2) is 0 Å². The lowest BCUT2D eigenvalue weighted by atomic mass is 10.2. The van der Waals surface area contributed by atoms with E-state index in [9.17, 15) is 9.59 Å². The number of halogens is 2. The van der Waals surface area contributed by atoms with Crippen LogP contribution in [0, 0.1) is 14.1 Å². The first-order valence-electron chi connectivity index (χ1n) is 10.5. The molecule has 0 aliphatic carbocycles. The van der Waals surface area contributed by atoms with Crippen molar-refractivity contribution in [2.24, 2.45) is 0 Å². The molecule has 0 bridgehead atoms. The third-order valence-corrected chi connectivity index (χ3v) is 7.53. The molecule has 5 nitrogen and oxygen atoms in total. The van der Waals surface area contributed by atoms with Crippen molar-refractivity contribution in [3.63, 3.8) is 0 Å². The molecule has 0 N–H and O–H groups in total. The Morgan fingerprint density at radius 1 is 0.941 bits per heavy atom. The largest absolute Gasteiger partial charge is 0.492 e. The first-order chi connectivity index (χ1) is 16.4. The molecule has 1 saturated heterocycles. The zero-order chi connectivity index (χ0) is 24.1. The van der Waals surface area contributed by atoms with Crippen LogP contribution in [0.25, 0.3) is 6.08 Å². The lowest BCUT2D eigenvalue weighted by Gasteiger charge is -2.13.